The van der Waals surface area contributed by atoms with Gasteiger partial charge in [0.1, 0.15) is 0 Å². The third kappa shape index (κ3) is 3.09. The molecule has 2 aromatic carbocycles. The molecule has 0 aliphatic carbocycles. The fourth-order valence-corrected chi connectivity index (χ4v) is 2.49. The average Bonchev–Trinajstić information content (AvgIpc) is 2.90. The van der Waals surface area contributed by atoms with Gasteiger partial charge < -0.3 is 10.3 Å². The summed E-state index contributed by atoms with van der Waals surface area (Å²) in [5.41, 5.74) is 3.81. The van der Waals surface area contributed by atoms with Crippen LogP contribution in [0.25, 0.3) is 10.9 Å². The number of anilines is 1. The molecule has 0 aliphatic heterocycles. The largest absolute Gasteiger partial charge is 0.361 e. The van der Waals surface area contributed by atoms with E-state index in [1.54, 1.807) is 6.07 Å². The van der Waals surface area contributed by atoms with E-state index < -0.39 is 0 Å². The van der Waals surface area contributed by atoms with E-state index in [0.29, 0.717) is 11.4 Å². The summed E-state index contributed by atoms with van der Waals surface area (Å²) in [6, 6.07) is 13.4. The van der Waals surface area contributed by atoms with Crippen LogP contribution in [-0.4, -0.2) is 10.9 Å². The van der Waals surface area contributed by atoms with Crippen molar-refractivity contribution < 1.29 is 4.79 Å². The van der Waals surface area contributed by atoms with Crippen molar-refractivity contribution in [3.05, 3.63) is 64.8 Å². The standard InChI is InChI=1S/C17H15ClN2O/c1-11-2-4-14(18)10-16(11)20-17(21)9-12-3-5-15-13(8-12)6-7-19-15/h2-8,10,19H,9H2,1H3,(H,20,21). The number of carbonyl (C=O) groups excluding carboxylic acids is 1. The maximum atomic E-state index is 12.2. The molecule has 3 aromatic rings. The molecular formula is C17H15ClN2O. The van der Waals surface area contributed by atoms with Gasteiger partial charge in [-0.2, -0.15) is 0 Å². The highest BCUT2D eigenvalue weighted by Gasteiger charge is 2.07. The molecular weight excluding hydrogens is 284 g/mol. The van der Waals surface area contributed by atoms with Gasteiger partial charge in [-0.3, -0.25) is 4.79 Å². The van der Waals surface area contributed by atoms with Crippen molar-refractivity contribution >= 4 is 34.1 Å². The molecule has 2 N–H and O–H groups in total. The van der Waals surface area contributed by atoms with E-state index in [4.69, 9.17) is 11.6 Å². The van der Waals surface area contributed by atoms with Crippen molar-refractivity contribution in [2.75, 3.05) is 5.32 Å². The molecule has 0 radical (unpaired) electrons. The van der Waals surface area contributed by atoms with Gasteiger partial charge in [-0.1, -0.05) is 23.7 Å². The lowest BCUT2D eigenvalue weighted by Gasteiger charge is -2.09. The first-order chi connectivity index (χ1) is 10.1. The van der Waals surface area contributed by atoms with Crippen LogP contribution >= 0.6 is 11.6 Å². The lowest BCUT2D eigenvalue weighted by atomic mass is 10.1. The molecule has 0 atom stereocenters. The zero-order valence-corrected chi connectivity index (χ0v) is 12.4. The zero-order chi connectivity index (χ0) is 14.8. The smallest absolute Gasteiger partial charge is 0.228 e. The number of H-pyrrole nitrogens is 1. The second-order valence-corrected chi connectivity index (χ2v) is 5.52. The van der Waals surface area contributed by atoms with E-state index in [1.165, 1.54) is 0 Å². The molecule has 0 aliphatic rings. The zero-order valence-electron chi connectivity index (χ0n) is 11.6. The number of aryl methyl sites for hydroxylation is 1. The van der Waals surface area contributed by atoms with Gasteiger partial charge >= 0.3 is 0 Å². The van der Waals surface area contributed by atoms with E-state index >= 15 is 0 Å². The molecule has 4 heteroatoms. The van der Waals surface area contributed by atoms with E-state index in [9.17, 15) is 4.79 Å². The van der Waals surface area contributed by atoms with Gasteiger partial charge in [0.15, 0.2) is 0 Å². The normalized spacial score (nSPS) is 10.8. The lowest BCUT2D eigenvalue weighted by molar-refractivity contribution is -0.115. The topological polar surface area (TPSA) is 44.9 Å². The Kier molecular flexibility index (Phi) is 3.67. The maximum Gasteiger partial charge on any atom is 0.228 e. The summed E-state index contributed by atoms with van der Waals surface area (Å²) in [7, 11) is 0. The van der Waals surface area contributed by atoms with Crippen LogP contribution in [0.1, 0.15) is 11.1 Å². The van der Waals surface area contributed by atoms with Crippen LogP contribution < -0.4 is 5.32 Å². The second kappa shape index (κ2) is 5.62. The highest BCUT2D eigenvalue weighted by atomic mass is 35.5. The number of benzene rings is 2. The third-order valence-corrected chi connectivity index (χ3v) is 3.69. The van der Waals surface area contributed by atoms with Crippen molar-refractivity contribution in [2.24, 2.45) is 0 Å². The van der Waals surface area contributed by atoms with Gasteiger partial charge in [0.25, 0.3) is 0 Å². The summed E-state index contributed by atoms with van der Waals surface area (Å²) in [5, 5.41) is 4.64. The first-order valence-electron chi connectivity index (χ1n) is 6.74. The van der Waals surface area contributed by atoms with Gasteiger partial charge in [-0.05, 0) is 53.8 Å². The van der Waals surface area contributed by atoms with E-state index in [0.717, 1.165) is 27.7 Å². The van der Waals surface area contributed by atoms with E-state index in [1.807, 2.05) is 49.5 Å². The molecule has 1 heterocycles. The van der Waals surface area contributed by atoms with E-state index in [-0.39, 0.29) is 5.91 Å². The minimum Gasteiger partial charge on any atom is -0.361 e. The fourth-order valence-electron chi connectivity index (χ4n) is 2.32. The molecule has 3 nitrogen and oxygen atoms in total. The molecule has 0 fully saturated rings. The number of aromatic amines is 1. The van der Waals surface area contributed by atoms with Crippen LogP contribution in [0.2, 0.25) is 5.02 Å². The van der Waals surface area contributed by atoms with Gasteiger partial charge in [0.2, 0.25) is 5.91 Å². The number of fused-ring (bicyclic) bond motifs is 1. The Morgan fingerprint density at radius 2 is 2.05 bits per heavy atom. The van der Waals surface area contributed by atoms with Crippen LogP contribution in [0, 0.1) is 6.92 Å². The Bertz CT molecular complexity index is 807. The Labute approximate surface area is 127 Å². The summed E-state index contributed by atoms with van der Waals surface area (Å²) in [6.45, 7) is 1.94. The predicted molar refractivity (Wildman–Crippen MR) is 86.8 cm³/mol. The number of rotatable bonds is 3. The number of hydrogen-bond donors (Lipinski definition) is 2. The first kappa shape index (κ1) is 13.7. The van der Waals surface area contributed by atoms with Gasteiger partial charge in [-0.15, -0.1) is 0 Å². The molecule has 3 rings (SSSR count). The van der Waals surface area contributed by atoms with Crippen molar-refractivity contribution in [3.63, 3.8) is 0 Å². The SMILES string of the molecule is Cc1ccc(Cl)cc1NC(=O)Cc1ccc2[nH]ccc2c1. The van der Waals surface area contributed by atoms with Crippen LogP contribution in [0.4, 0.5) is 5.69 Å². The molecule has 21 heavy (non-hydrogen) atoms. The molecule has 1 amide bonds. The number of nitrogens with one attached hydrogen (secondary N) is 2. The highest BCUT2D eigenvalue weighted by Crippen LogP contribution is 2.21. The van der Waals surface area contributed by atoms with Crippen LogP contribution in [0.15, 0.2) is 48.7 Å². The number of amides is 1. The number of hydrogen-bond acceptors (Lipinski definition) is 1. The number of aromatic nitrogens is 1. The molecule has 0 saturated carbocycles. The minimum absolute atomic E-state index is 0.0461. The summed E-state index contributed by atoms with van der Waals surface area (Å²) in [6.07, 6.45) is 2.23. The molecule has 1 aromatic heterocycles. The lowest BCUT2D eigenvalue weighted by Crippen LogP contribution is -2.15. The molecule has 0 spiro atoms. The van der Waals surface area contributed by atoms with Crippen molar-refractivity contribution in [1.29, 1.82) is 0 Å². The second-order valence-electron chi connectivity index (χ2n) is 5.08. The highest BCUT2D eigenvalue weighted by molar-refractivity contribution is 6.31. The molecule has 106 valence electrons. The van der Waals surface area contributed by atoms with Crippen LogP contribution in [-0.2, 0) is 11.2 Å². The minimum atomic E-state index is -0.0461. The Morgan fingerprint density at radius 1 is 1.19 bits per heavy atom. The van der Waals surface area contributed by atoms with Crippen molar-refractivity contribution in [2.45, 2.75) is 13.3 Å². The van der Waals surface area contributed by atoms with Crippen LogP contribution in [0.5, 0.6) is 0 Å². The average molecular weight is 299 g/mol. The Balaban J connectivity index is 1.75. The van der Waals surface area contributed by atoms with Gasteiger partial charge in [-0.25, -0.2) is 0 Å². The summed E-state index contributed by atoms with van der Waals surface area (Å²) in [4.78, 5) is 15.3. The van der Waals surface area contributed by atoms with Gasteiger partial charge in [0, 0.05) is 22.4 Å². The summed E-state index contributed by atoms with van der Waals surface area (Å²) >= 11 is 5.96. The maximum absolute atomic E-state index is 12.2. The van der Waals surface area contributed by atoms with Gasteiger partial charge in [0.05, 0.1) is 6.42 Å². The summed E-state index contributed by atoms with van der Waals surface area (Å²) < 4.78 is 0. The first-order valence-corrected chi connectivity index (χ1v) is 7.11. The monoisotopic (exact) mass is 298 g/mol. The van der Waals surface area contributed by atoms with E-state index in [2.05, 4.69) is 10.3 Å². The molecule has 0 saturated heterocycles. The predicted octanol–water partition coefficient (Wildman–Crippen LogP) is 4.31. The molecule has 0 unspecified atom stereocenters. The van der Waals surface area contributed by atoms with Crippen molar-refractivity contribution in [1.82, 2.24) is 4.98 Å². The number of carbonyl (C=O) groups is 1. The quantitative estimate of drug-likeness (QED) is 0.743. The number of halogens is 1. The van der Waals surface area contributed by atoms with Crippen LogP contribution in [0.3, 0.4) is 0 Å². The Hall–Kier alpha value is -2.26. The fraction of sp³-hybridized carbons (Fsp3) is 0.118. The third-order valence-electron chi connectivity index (χ3n) is 3.46. The Morgan fingerprint density at radius 3 is 2.90 bits per heavy atom. The summed E-state index contributed by atoms with van der Waals surface area (Å²) in [5.74, 6) is -0.0461. The van der Waals surface area contributed by atoms with Crippen molar-refractivity contribution in [3.8, 4) is 0 Å². The molecule has 0 bridgehead atoms.